The summed E-state index contributed by atoms with van der Waals surface area (Å²) in [7, 11) is 0. The van der Waals surface area contributed by atoms with Gasteiger partial charge in [0.15, 0.2) is 0 Å². The van der Waals surface area contributed by atoms with Gasteiger partial charge in [0, 0.05) is 25.3 Å². The summed E-state index contributed by atoms with van der Waals surface area (Å²) in [5.74, 6) is 1.10. The molecule has 0 bridgehead atoms. The molecule has 11 heteroatoms. The molecular weight excluding hydrogens is 586 g/mol. The molecule has 2 aliphatic heterocycles. The molecule has 3 N–H and O–H groups in total. The summed E-state index contributed by atoms with van der Waals surface area (Å²) in [6, 6.07) is 16.3. The lowest BCUT2D eigenvalue weighted by Crippen LogP contribution is -2.51. The van der Waals surface area contributed by atoms with Crippen molar-refractivity contribution in [3.63, 3.8) is 0 Å². The number of aromatic nitrogens is 1. The van der Waals surface area contributed by atoms with Gasteiger partial charge in [-0.1, -0.05) is 35.4 Å². The summed E-state index contributed by atoms with van der Waals surface area (Å²) in [6.45, 7) is 6.79. The van der Waals surface area contributed by atoms with Gasteiger partial charge in [0.05, 0.1) is 27.5 Å². The summed E-state index contributed by atoms with van der Waals surface area (Å²) < 4.78 is 5.98. The molecule has 1 saturated heterocycles. The van der Waals surface area contributed by atoms with Crippen molar-refractivity contribution >= 4 is 62.2 Å². The van der Waals surface area contributed by atoms with Gasteiger partial charge in [-0.05, 0) is 75.6 Å². The van der Waals surface area contributed by atoms with Gasteiger partial charge in [-0.3, -0.25) is 14.6 Å². The van der Waals surface area contributed by atoms with Crippen LogP contribution in [-0.2, 0) is 0 Å². The number of piperidine rings is 1. The Balaban J connectivity index is 1.26. The van der Waals surface area contributed by atoms with E-state index in [9.17, 15) is 14.7 Å². The van der Waals surface area contributed by atoms with Crippen LogP contribution in [0.1, 0.15) is 41.9 Å². The summed E-state index contributed by atoms with van der Waals surface area (Å²) >= 11 is 7.57. The van der Waals surface area contributed by atoms with Gasteiger partial charge in [-0.15, -0.1) is 11.3 Å². The Morgan fingerprint density at radius 1 is 1.16 bits per heavy atom. The van der Waals surface area contributed by atoms with Gasteiger partial charge in [0.2, 0.25) is 0 Å². The van der Waals surface area contributed by atoms with Crippen molar-refractivity contribution in [3.8, 4) is 11.5 Å². The molecule has 4 aromatic rings. The molecular formula is C32H32ClN5O4S. The zero-order chi connectivity index (χ0) is 30.2. The normalized spacial score (nSPS) is 17.4. The van der Waals surface area contributed by atoms with Crippen molar-refractivity contribution in [1.29, 1.82) is 0 Å². The molecule has 0 radical (unpaired) electrons. The number of carbonyl (C=O) groups excluding carboxylic acids is 2. The van der Waals surface area contributed by atoms with E-state index in [1.54, 1.807) is 17.2 Å². The maximum absolute atomic E-state index is 13.6. The van der Waals surface area contributed by atoms with E-state index in [4.69, 9.17) is 16.3 Å². The van der Waals surface area contributed by atoms with Crippen molar-refractivity contribution in [2.24, 2.45) is 0 Å². The zero-order valence-electron chi connectivity index (χ0n) is 24.1. The lowest BCUT2D eigenvalue weighted by Gasteiger charge is -2.36. The fourth-order valence-electron chi connectivity index (χ4n) is 5.57. The van der Waals surface area contributed by atoms with Crippen LogP contribution < -0.4 is 20.3 Å². The topological polar surface area (TPSA) is 107 Å². The Kier molecular flexibility index (Phi) is 8.11. The largest absolute Gasteiger partial charge is 0.457 e. The number of rotatable bonds is 7. The van der Waals surface area contributed by atoms with Gasteiger partial charge in [-0.2, -0.15) is 0 Å². The van der Waals surface area contributed by atoms with E-state index < -0.39 is 6.23 Å². The molecule has 222 valence electrons. The Bertz CT molecular complexity index is 1740. The van der Waals surface area contributed by atoms with Gasteiger partial charge in [-0.25, -0.2) is 9.78 Å². The molecule has 43 heavy (non-hydrogen) atoms. The maximum Gasteiger partial charge on any atom is 0.331 e. The number of pyridine rings is 1. The molecule has 0 spiro atoms. The highest BCUT2D eigenvalue weighted by molar-refractivity contribution is 7.21. The zero-order valence-corrected chi connectivity index (χ0v) is 25.6. The Morgan fingerprint density at radius 2 is 1.95 bits per heavy atom. The first-order chi connectivity index (χ1) is 20.7. The summed E-state index contributed by atoms with van der Waals surface area (Å²) in [5, 5.41) is 17.9. The second-order valence-corrected chi connectivity index (χ2v) is 12.4. The summed E-state index contributed by atoms with van der Waals surface area (Å²) in [4.78, 5) is 36.3. The number of aliphatic hydroxyl groups excluding tert-OH is 1. The molecule has 0 saturated carbocycles. The highest BCUT2D eigenvalue weighted by atomic mass is 35.5. The average molecular weight is 618 g/mol. The number of urea groups is 1. The second-order valence-electron chi connectivity index (χ2n) is 11.0. The number of nitrogens with zero attached hydrogens (tertiary/aromatic N) is 3. The fraction of sp³-hybridized carbons (Fsp3) is 0.281. The lowest BCUT2D eigenvalue weighted by atomic mass is 10.0. The van der Waals surface area contributed by atoms with Gasteiger partial charge < -0.3 is 20.5 Å². The van der Waals surface area contributed by atoms with Gasteiger partial charge in [0.25, 0.3) is 5.91 Å². The number of benzene rings is 2. The molecule has 2 aromatic heterocycles. The first kappa shape index (κ1) is 29.1. The van der Waals surface area contributed by atoms with Crippen molar-refractivity contribution < 1.29 is 19.4 Å². The molecule has 2 aliphatic rings. The lowest BCUT2D eigenvalue weighted by molar-refractivity contribution is 0.0147. The first-order valence-corrected chi connectivity index (χ1v) is 15.3. The maximum atomic E-state index is 13.6. The Labute approximate surface area is 258 Å². The van der Waals surface area contributed by atoms with Crippen LogP contribution >= 0.6 is 22.9 Å². The first-order valence-electron chi connectivity index (χ1n) is 14.1. The van der Waals surface area contributed by atoms with E-state index in [-0.39, 0.29) is 18.0 Å². The van der Waals surface area contributed by atoms with E-state index >= 15 is 0 Å². The smallest absolute Gasteiger partial charge is 0.331 e. The van der Waals surface area contributed by atoms with Crippen LogP contribution in [0.4, 0.5) is 21.9 Å². The fourth-order valence-corrected chi connectivity index (χ4v) is 6.73. The van der Waals surface area contributed by atoms with Crippen LogP contribution in [0, 0.1) is 6.92 Å². The number of likely N-dealkylation sites (tertiary alicyclic amines) is 1. The third-order valence-corrected chi connectivity index (χ3v) is 9.35. The molecule has 0 aliphatic carbocycles. The van der Waals surface area contributed by atoms with Crippen molar-refractivity contribution in [2.45, 2.75) is 45.9 Å². The standard InChI is InChI=1S/C32H32ClN5O4S/c1-18(2)26(33)31(40)37-15-7-8-20(17-37)35-29(39)28-27-25-24(13-14-34-30(25)43-28)38(32(41)36-27)23-12-11-22(16-19(23)3)42-21-9-5-4-6-10-21/h4-6,9-14,16,20,31,40H,7-8,15,17H2,1-3H3,(H,35,39)(H,36,41)/t20-,31?/m1/s1. The van der Waals surface area contributed by atoms with E-state index in [0.717, 1.165) is 35.1 Å². The minimum atomic E-state index is -0.906. The number of aryl methyl sites for hydroxylation is 1. The average Bonchev–Trinajstić information content (AvgIpc) is 3.37. The number of allylic oxidation sites excluding steroid dienone is 1. The van der Waals surface area contributed by atoms with Crippen LogP contribution in [0.3, 0.4) is 0 Å². The molecule has 1 fully saturated rings. The van der Waals surface area contributed by atoms with Crippen LogP contribution in [-0.4, -0.2) is 52.3 Å². The number of halogens is 1. The van der Waals surface area contributed by atoms with Crippen molar-refractivity contribution in [3.05, 3.63) is 81.8 Å². The number of aliphatic hydroxyl groups is 1. The molecule has 3 amide bonds. The van der Waals surface area contributed by atoms with Crippen LogP contribution in [0.25, 0.3) is 10.2 Å². The van der Waals surface area contributed by atoms with E-state index in [2.05, 4.69) is 15.6 Å². The van der Waals surface area contributed by atoms with Crippen molar-refractivity contribution in [2.75, 3.05) is 23.3 Å². The third kappa shape index (κ3) is 5.71. The van der Waals surface area contributed by atoms with Gasteiger partial charge in [0.1, 0.15) is 27.4 Å². The summed E-state index contributed by atoms with van der Waals surface area (Å²) in [6.07, 6.45) is 2.33. The predicted octanol–water partition coefficient (Wildman–Crippen LogP) is 7.13. The summed E-state index contributed by atoms with van der Waals surface area (Å²) in [5.41, 5.74) is 3.52. The molecule has 2 atom stereocenters. The number of hydrogen-bond acceptors (Lipinski definition) is 7. The highest BCUT2D eigenvalue weighted by Gasteiger charge is 2.34. The number of para-hydroxylation sites is 1. The number of ether oxygens (including phenoxy) is 1. The minimum absolute atomic E-state index is 0.183. The number of thiophene rings is 1. The van der Waals surface area contributed by atoms with Crippen LogP contribution in [0.15, 0.2) is 71.4 Å². The van der Waals surface area contributed by atoms with Crippen LogP contribution in [0.2, 0.25) is 0 Å². The second kappa shape index (κ2) is 12.0. The van der Waals surface area contributed by atoms with Gasteiger partial charge >= 0.3 is 6.03 Å². The predicted molar refractivity (Wildman–Crippen MR) is 171 cm³/mol. The van der Waals surface area contributed by atoms with E-state index in [1.165, 1.54) is 11.3 Å². The molecule has 4 heterocycles. The Hall–Kier alpha value is -3.96. The number of hydrogen-bond donors (Lipinski definition) is 3. The molecule has 1 unspecified atom stereocenters. The number of carbonyl (C=O) groups is 2. The SMILES string of the molecule is CC(C)=C(Cl)C(O)N1CCC[C@@H](NC(=O)c2sc3nccc4c3c2NC(=O)N4c2ccc(Oc3ccccc3)cc2C)C1. The molecule has 6 rings (SSSR count). The molecule has 9 nitrogen and oxygen atoms in total. The van der Waals surface area contributed by atoms with Crippen LogP contribution in [0.5, 0.6) is 11.5 Å². The Morgan fingerprint density at radius 3 is 2.70 bits per heavy atom. The number of nitrogens with one attached hydrogen (secondary N) is 2. The quantitative estimate of drug-likeness (QED) is 0.204. The van der Waals surface area contributed by atoms with E-state index in [0.29, 0.717) is 50.6 Å². The number of amides is 3. The number of anilines is 3. The third-order valence-electron chi connectivity index (χ3n) is 7.68. The van der Waals surface area contributed by atoms with E-state index in [1.807, 2.05) is 74.2 Å². The van der Waals surface area contributed by atoms with Crippen molar-refractivity contribution in [1.82, 2.24) is 15.2 Å². The highest BCUT2D eigenvalue weighted by Crippen LogP contribution is 2.46. The molecule has 2 aromatic carbocycles. The minimum Gasteiger partial charge on any atom is -0.457 e. The monoisotopic (exact) mass is 617 g/mol.